The molecule has 0 aliphatic heterocycles. The quantitative estimate of drug-likeness (QED) is 0.480. The van der Waals surface area contributed by atoms with Gasteiger partial charge in [0.1, 0.15) is 6.29 Å². The minimum atomic E-state index is -0.113. The van der Waals surface area contributed by atoms with E-state index in [0.717, 1.165) is 19.1 Å². The van der Waals surface area contributed by atoms with Gasteiger partial charge in [-0.2, -0.15) is 0 Å². The maximum Gasteiger partial charge on any atom is 0.122 e. The number of ether oxygens (including phenoxy) is 1. The van der Waals surface area contributed by atoms with E-state index < -0.39 is 0 Å². The van der Waals surface area contributed by atoms with Crippen molar-refractivity contribution in [1.82, 2.24) is 0 Å². The van der Waals surface area contributed by atoms with E-state index in [9.17, 15) is 4.79 Å². The zero-order valence-corrected chi connectivity index (χ0v) is 7.84. The standard InChI is InChI=1S/C10H18O2/c1-12-10(8-9-11)6-4-2-3-5-7-10/h9H,2-8H2,1H3. The lowest BCUT2D eigenvalue weighted by Crippen LogP contribution is -2.31. The van der Waals surface area contributed by atoms with E-state index in [2.05, 4.69) is 0 Å². The van der Waals surface area contributed by atoms with E-state index >= 15 is 0 Å². The number of carbonyl (C=O) groups excluding carboxylic acids is 1. The van der Waals surface area contributed by atoms with Crippen molar-refractivity contribution in [3.63, 3.8) is 0 Å². The second-order valence-electron chi connectivity index (χ2n) is 3.67. The number of methoxy groups -OCH3 is 1. The lowest BCUT2D eigenvalue weighted by Gasteiger charge is -2.29. The van der Waals surface area contributed by atoms with E-state index in [1.165, 1.54) is 25.7 Å². The van der Waals surface area contributed by atoms with Gasteiger partial charge in [0.25, 0.3) is 0 Å². The monoisotopic (exact) mass is 170 g/mol. The fraction of sp³-hybridized carbons (Fsp3) is 0.900. The molecule has 1 rings (SSSR count). The second-order valence-corrected chi connectivity index (χ2v) is 3.67. The molecule has 70 valence electrons. The number of hydrogen-bond acceptors (Lipinski definition) is 2. The third-order valence-corrected chi connectivity index (χ3v) is 2.90. The number of carbonyl (C=O) groups is 1. The Morgan fingerprint density at radius 3 is 2.25 bits per heavy atom. The third-order valence-electron chi connectivity index (χ3n) is 2.90. The molecule has 1 aliphatic rings. The summed E-state index contributed by atoms with van der Waals surface area (Å²) >= 11 is 0. The summed E-state index contributed by atoms with van der Waals surface area (Å²) < 4.78 is 5.47. The maximum absolute atomic E-state index is 10.5. The first-order valence-corrected chi connectivity index (χ1v) is 4.82. The molecule has 2 heteroatoms. The van der Waals surface area contributed by atoms with Crippen molar-refractivity contribution in [3.8, 4) is 0 Å². The van der Waals surface area contributed by atoms with Gasteiger partial charge >= 0.3 is 0 Å². The van der Waals surface area contributed by atoms with Crippen LogP contribution in [0.25, 0.3) is 0 Å². The van der Waals surface area contributed by atoms with Gasteiger partial charge in [-0.1, -0.05) is 25.7 Å². The van der Waals surface area contributed by atoms with Crippen LogP contribution in [0, 0.1) is 0 Å². The molecule has 0 unspecified atom stereocenters. The van der Waals surface area contributed by atoms with Crippen LogP contribution in [-0.4, -0.2) is 19.0 Å². The van der Waals surface area contributed by atoms with Crippen molar-refractivity contribution < 1.29 is 9.53 Å². The predicted molar refractivity (Wildman–Crippen MR) is 48.1 cm³/mol. The summed E-state index contributed by atoms with van der Waals surface area (Å²) in [5.74, 6) is 0. The fourth-order valence-corrected chi connectivity index (χ4v) is 2.02. The van der Waals surface area contributed by atoms with Crippen LogP contribution < -0.4 is 0 Å². The highest BCUT2D eigenvalue weighted by atomic mass is 16.5. The highest BCUT2D eigenvalue weighted by Gasteiger charge is 2.29. The normalized spacial score (nSPS) is 23.1. The van der Waals surface area contributed by atoms with E-state index in [-0.39, 0.29) is 5.60 Å². The summed E-state index contributed by atoms with van der Waals surface area (Å²) in [5, 5.41) is 0. The summed E-state index contributed by atoms with van der Waals surface area (Å²) in [4.78, 5) is 10.5. The summed E-state index contributed by atoms with van der Waals surface area (Å²) in [5.41, 5.74) is -0.113. The number of hydrogen-bond donors (Lipinski definition) is 0. The first-order chi connectivity index (χ1) is 5.83. The summed E-state index contributed by atoms with van der Waals surface area (Å²) in [6.07, 6.45) is 8.69. The van der Waals surface area contributed by atoms with Crippen molar-refractivity contribution in [2.75, 3.05) is 7.11 Å². The smallest absolute Gasteiger partial charge is 0.122 e. The molecule has 0 spiro atoms. The fourth-order valence-electron chi connectivity index (χ4n) is 2.02. The molecule has 0 amide bonds. The van der Waals surface area contributed by atoms with Crippen molar-refractivity contribution in [3.05, 3.63) is 0 Å². The zero-order valence-electron chi connectivity index (χ0n) is 7.84. The Hall–Kier alpha value is -0.370. The number of aldehydes is 1. The van der Waals surface area contributed by atoms with E-state index in [0.29, 0.717) is 6.42 Å². The van der Waals surface area contributed by atoms with Crippen molar-refractivity contribution >= 4 is 6.29 Å². The molecule has 0 bridgehead atoms. The van der Waals surface area contributed by atoms with Gasteiger partial charge in [0.15, 0.2) is 0 Å². The summed E-state index contributed by atoms with van der Waals surface area (Å²) in [7, 11) is 1.73. The van der Waals surface area contributed by atoms with Crippen LogP contribution in [0.1, 0.15) is 44.9 Å². The first-order valence-electron chi connectivity index (χ1n) is 4.82. The van der Waals surface area contributed by atoms with Crippen LogP contribution in [-0.2, 0) is 9.53 Å². The average Bonchev–Trinajstić information content (AvgIpc) is 2.32. The lowest BCUT2D eigenvalue weighted by atomic mass is 9.91. The van der Waals surface area contributed by atoms with Gasteiger partial charge in [-0.3, -0.25) is 0 Å². The van der Waals surface area contributed by atoms with Crippen LogP contribution in [0.3, 0.4) is 0 Å². The van der Waals surface area contributed by atoms with E-state index in [4.69, 9.17) is 4.74 Å². The Balaban J connectivity index is 2.54. The molecule has 12 heavy (non-hydrogen) atoms. The summed E-state index contributed by atoms with van der Waals surface area (Å²) in [6.45, 7) is 0. The molecule has 0 N–H and O–H groups in total. The predicted octanol–water partition coefficient (Wildman–Crippen LogP) is 2.31. The Bertz CT molecular complexity index is 135. The molecule has 0 saturated heterocycles. The first kappa shape index (κ1) is 9.72. The second kappa shape index (κ2) is 4.61. The van der Waals surface area contributed by atoms with Crippen LogP contribution in [0.4, 0.5) is 0 Å². The van der Waals surface area contributed by atoms with Crippen LogP contribution in [0.15, 0.2) is 0 Å². The molecule has 0 aromatic heterocycles. The Kier molecular flexibility index (Phi) is 3.73. The van der Waals surface area contributed by atoms with Gasteiger partial charge in [-0.15, -0.1) is 0 Å². The molecule has 0 aromatic carbocycles. The van der Waals surface area contributed by atoms with Crippen LogP contribution in [0.2, 0.25) is 0 Å². The molecular weight excluding hydrogens is 152 g/mol. The van der Waals surface area contributed by atoms with Crippen molar-refractivity contribution in [2.24, 2.45) is 0 Å². The van der Waals surface area contributed by atoms with Gasteiger partial charge in [-0.25, -0.2) is 0 Å². The molecule has 0 atom stereocenters. The Morgan fingerprint density at radius 2 is 1.83 bits per heavy atom. The van der Waals surface area contributed by atoms with Crippen LogP contribution in [0.5, 0.6) is 0 Å². The highest BCUT2D eigenvalue weighted by Crippen LogP contribution is 2.31. The van der Waals surface area contributed by atoms with Crippen LogP contribution >= 0.6 is 0 Å². The van der Waals surface area contributed by atoms with E-state index in [1.807, 2.05) is 0 Å². The average molecular weight is 170 g/mol. The van der Waals surface area contributed by atoms with E-state index in [1.54, 1.807) is 7.11 Å². The van der Waals surface area contributed by atoms with Gasteiger partial charge in [-0.05, 0) is 12.8 Å². The van der Waals surface area contributed by atoms with Crippen molar-refractivity contribution in [1.29, 1.82) is 0 Å². The third kappa shape index (κ3) is 2.31. The minimum Gasteiger partial charge on any atom is -0.378 e. The van der Waals surface area contributed by atoms with Crippen molar-refractivity contribution in [2.45, 2.75) is 50.5 Å². The Morgan fingerprint density at radius 1 is 1.25 bits per heavy atom. The lowest BCUT2D eigenvalue weighted by molar-refractivity contribution is -0.114. The Labute approximate surface area is 74.3 Å². The molecular formula is C10H18O2. The SMILES string of the molecule is COC1(CC=O)CCCCCC1. The topological polar surface area (TPSA) is 26.3 Å². The highest BCUT2D eigenvalue weighted by molar-refractivity contribution is 5.51. The molecule has 1 fully saturated rings. The molecule has 0 heterocycles. The van der Waals surface area contributed by atoms with Gasteiger partial charge < -0.3 is 9.53 Å². The minimum absolute atomic E-state index is 0.113. The molecule has 0 radical (unpaired) electrons. The van der Waals surface area contributed by atoms with Gasteiger partial charge in [0, 0.05) is 13.5 Å². The molecule has 1 saturated carbocycles. The van der Waals surface area contributed by atoms with Gasteiger partial charge in [0.05, 0.1) is 5.60 Å². The molecule has 1 aliphatic carbocycles. The molecule has 0 aromatic rings. The maximum atomic E-state index is 10.5. The summed E-state index contributed by atoms with van der Waals surface area (Å²) in [6, 6.07) is 0. The molecule has 2 nitrogen and oxygen atoms in total. The van der Waals surface area contributed by atoms with Gasteiger partial charge in [0.2, 0.25) is 0 Å². The number of rotatable bonds is 3. The zero-order chi connectivity index (χ0) is 8.86. The largest absolute Gasteiger partial charge is 0.378 e.